The van der Waals surface area contributed by atoms with Crippen molar-refractivity contribution in [3.63, 3.8) is 0 Å². The molecule has 4 unspecified atom stereocenters. The van der Waals surface area contributed by atoms with Crippen LogP contribution >= 0.6 is 9.24 Å². The van der Waals surface area contributed by atoms with Crippen LogP contribution in [-0.4, -0.2) is 6.16 Å². The maximum Gasteiger partial charge on any atom is 0.0996 e. The van der Waals surface area contributed by atoms with Crippen LogP contribution in [0.25, 0.3) is 0 Å². The molecule has 0 heterocycles. The molecule has 2 aliphatic rings. The summed E-state index contributed by atoms with van der Waals surface area (Å²) in [5.74, 6) is 2.80. The van der Waals surface area contributed by atoms with Gasteiger partial charge in [-0.1, -0.05) is 19.1 Å². The Morgan fingerprint density at radius 2 is 2.25 bits per heavy atom. The summed E-state index contributed by atoms with van der Waals surface area (Å²) in [6.45, 7) is 5.99. The molecule has 0 N–H and O–H groups in total. The van der Waals surface area contributed by atoms with Crippen LogP contribution in [0, 0.1) is 23.7 Å². The molecule has 0 spiro atoms. The fraction of sp³-hybridized carbons (Fsp3) is 0.714. The molecular weight excluding hydrogens is 218 g/mol. The smallest absolute Gasteiger partial charge is 0.0996 e. The maximum atomic E-state index is 14.0. The van der Waals surface area contributed by atoms with E-state index in [9.17, 15) is 4.39 Å². The van der Waals surface area contributed by atoms with Crippen LogP contribution in [0.2, 0.25) is 0 Å². The summed E-state index contributed by atoms with van der Waals surface area (Å²) in [6.07, 6.45) is 6.81. The molecule has 0 bridgehead atoms. The van der Waals surface area contributed by atoms with E-state index in [2.05, 4.69) is 22.7 Å². The van der Waals surface area contributed by atoms with Crippen molar-refractivity contribution < 1.29 is 4.39 Å². The molecule has 2 aliphatic carbocycles. The third kappa shape index (κ3) is 2.56. The highest BCUT2D eigenvalue weighted by Crippen LogP contribution is 2.72. The van der Waals surface area contributed by atoms with Gasteiger partial charge in [0.15, 0.2) is 0 Å². The third-order valence-electron chi connectivity index (χ3n) is 4.12. The lowest BCUT2D eigenvalue weighted by molar-refractivity contribution is 0.358. The van der Waals surface area contributed by atoms with Gasteiger partial charge in [-0.3, -0.25) is 0 Å². The largest absolute Gasteiger partial charge is 0.212 e. The lowest BCUT2D eigenvalue weighted by atomic mass is 9.91. The van der Waals surface area contributed by atoms with Crippen LogP contribution in [-0.2, 0) is 0 Å². The molecule has 2 fully saturated rings. The fourth-order valence-corrected chi connectivity index (χ4v) is 3.02. The van der Waals surface area contributed by atoms with Gasteiger partial charge in [0.25, 0.3) is 0 Å². The molecule has 0 aromatic heterocycles. The average molecular weight is 240 g/mol. The zero-order valence-electron chi connectivity index (χ0n) is 10.1. The molecule has 2 heteroatoms. The van der Waals surface area contributed by atoms with E-state index in [4.69, 9.17) is 0 Å². The lowest BCUT2D eigenvalue weighted by Gasteiger charge is -2.17. The molecule has 0 aromatic carbocycles. The first kappa shape index (κ1) is 12.3. The number of hydrogen-bond acceptors (Lipinski definition) is 0. The Kier molecular flexibility index (Phi) is 3.85. The van der Waals surface area contributed by atoms with Crippen LogP contribution < -0.4 is 0 Å². The summed E-state index contributed by atoms with van der Waals surface area (Å²) in [5, 5.41) is 0. The zero-order chi connectivity index (χ0) is 11.7. The fourth-order valence-electron chi connectivity index (χ4n) is 2.66. The monoisotopic (exact) mass is 240 g/mol. The highest BCUT2D eigenvalue weighted by atomic mass is 31.0. The van der Waals surface area contributed by atoms with Crippen molar-refractivity contribution in [3.8, 4) is 0 Å². The van der Waals surface area contributed by atoms with Gasteiger partial charge in [0.05, 0.1) is 5.83 Å². The van der Waals surface area contributed by atoms with Crippen molar-refractivity contribution in [2.75, 3.05) is 6.16 Å². The van der Waals surface area contributed by atoms with Crippen LogP contribution in [0.15, 0.2) is 24.1 Å². The van der Waals surface area contributed by atoms with E-state index in [-0.39, 0.29) is 11.7 Å². The standard InChI is InChI=1S/C14H22FP/c1-3-9(2)4-5-13(15)10(6-7-16)14-11-8-12(11)14/h5,10-12,14H,2-4,6-8,16H2,1H3/b13-5-. The molecule has 90 valence electrons. The van der Waals surface area contributed by atoms with Crippen molar-refractivity contribution >= 4 is 9.24 Å². The van der Waals surface area contributed by atoms with E-state index >= 15 is 0 Å². The molecule has 0 amide bonds. The van der Waals surface area contributed by atoms with Crippen LogP contribution in [0.3, 0.4) is 0 Å². The molecule has 0 radical (unpaired) electrons. The predicted molar refractivity (Wildman–Crippen MR) is 71.0 cm³/mol. The van der Waals surface area contributed by atoms with Crippen LogP contribution in [0.1, 0.15) is 32.6 Å². The topological polar surface area (TPSA) is 0 Å². The molecular formula is C14H22FP. The first-order valence-electron chi connectivity index (χ1n) is 6.41. The zero-order valence-corrected chi connectivity index (χ0v) is 11.2. The van der Waals surface area contributed by atoms with Crippen LogP contribution in [0.4, 0.5) is 4.39 Å². The van der Waals surface area contributed by atoms with Gasteiger partial charge >= 0.3 is 0 Å². The van der Waals surface area contributed by atoms with E-state index in [0.29, 0.717) is 5.92 Å². The minimum absolute atomic E-state index is 0.134. The van der Waals surface area contributed by atoms with Crippen LogP contribution in [0.5, 0.6) is 0 Å². The normalized spacial score (nSPS) is 33.2. The van der Waals surface area contributed by atoms with E-state index in [1.807, 2.05) is 0 Å². The number of fused-ring (bicyclic) bond motifs is 1. The Morgan fingerprint density at radius 1 is 1.56 bits per heavy atom. The van der Waals surface area contributed by atoms with Gasteiger partial charge in [0, 0.05) is 5.92 Å². The van der Waals surface area contributed by atoms with Gasteiger partial charge < -0.3 is 0 Å². The second-order valence-corrected chi connectivity index (χ2v) is 5.80. The number of hydrogen-bond donors (Lipinski definition) is 0. The summed E-state index contributed by atoms with van der Waals surface area (Å²) < 4.78 is 14.0. The SMILES string of the molecule is C=C(CC)C/C=C(\F)C(CCP)C1C2CC21. The first-order chi connectivity index (χ1) is 7.69. The van der Waals surface area contributed by atoms with Gasteiger partial charge in [-0.2, -0.15) is 0 Å². The Bertz CT molecular complexity index is 300. The maximum absolute atomic E-state index is 14.0. The molecule has 0 aliphatic heterocycles. The van der Waals surface area contributed by atoms with Gasteiger partial charge in [-0.25, -0.2) is 4.39 Å². The van der Waals surface area contributed by atoms with E-state index in [1.54, 1.807) is 6.08 Å². The van der Waals surface area contributed by atoms with Crippen molar-refractivity contribution in [1.29, 1.82) is 0 Å². The van der Waals surface area contributed by atoms with Gasteiger partial charge in [0.1, 0.15) is 0 Å². The van der Waals surface area contributed by atoms with E-state index in [1.165, 1.54) is 6.42 Å². The van der Waals surface area contributed by atoms with Crippen molar-refractivity contribution in [2.24, 2.45) is 23.7 Å². The minimum Gasteiger partial charge on any atom is -0.212 e. The molecule has 0 nitrogen and oxygen atoms in total. The summed E-state index contributed by atoms with van der Waals surface area (Å²) in [5.41, 5.74) is 1.13. The molecule has 0 aromatic rings. The molecule has 2 rings (SSSR count). The Hall–Kier alpha value is -0.160. The highest BCUT2D eigenvalue weighted by Gasteiger charge is 2.66. The van der Waals surface area contributed by atoms with E-state index < -0.39 is 0 Å². The average Bonchev–Trinajstić information content (AvgIpc) is 3.14. The van der Waals surface area contributed by atoms with Crippen molar-refractivity contribution in [3.05, 3.63) is 24.1 Å². The summed E-state index contributed by atoms with van der Waals surface area (Å²) in [4.78, 5) is 0. The van der Waals surface area contributed by atoms with Gasteiger partial charge in [0.2, 0.25) is 0 Å². The number of rotatable bonds is 7. The molecule has 0 saturated heterocycles. The Labute approximate surface area is 101 Å². The van der Waals surface area contributed by atoms with Gasteiger partial charge in [-0.15, -0.1) is 9.24 Å². The lowest BCUT2D eigenvalue weighted by Crippen LogP contribution is -2.10. The quantitative estimate of drug-likeness (QED) is 0.458. The Balaban J connectivity index is 1.88. The Morgan fingerprint density at radius 3 is 2.69 bits per heavy atom. The number of allylic oxidation sites excluding steroid dienone is 3. The molecule has 4 atom stereocenters. The summed E-state index contributed by atoms with van der Waals surface area (Å²) >= 11 is 0. The third-order valence-corrected chi connectivity index (χ3v) is 4.45. The second-order valence-electron chi connectivity index (χ2n) is 5.22. The van der Waals surface area contributed by atoms with Crippen molar-refractivity contribution in [2.45, 2.75) is 32.6 Å². The van der Waals surface area contributed by atoms with Gasteiger partial charge in [-0.05, 0) is 55.7 Å². The number of halogens is 1. The minimum atomic E-state index is 0.134. The summed E-state index contributed by atoms with van der Waals surface area (Å²) in [6, 6.07) is 0. The first-order valence-corrected chi connectivity index (χ1v) is 7.23. The second kappa shape index (κ2) is 5.00. The summed E-state index contributed by atoms with van der Waals surface area (Å²) in [7, 11) is 2.72. The molecule has 16 heavy (non-hydrogen) atoms. The van der Waals surface area contributed by atoms with E-state index in [0.717, 1.165) is 42.8 Å². The predicted octanol–water partition coefficient (Wildman–Crippen LogP) is 4.34. The van der Waals surface area contributed by atoms with Crippen molar-refractivity contribution in [1.82, 2.24) is 0 Å². The molecule has 2 saturated carbocycles. The highest BCUT2D eigenvalue weighted by molar-refractivity contribution is 7.16.